The number of nitrogens with one attached hydrogen (secondary N) is 2. The number of nitrogens with zero attached hydrogens (tertiary/aromatic N) is 3. The summed E-state index contributed by atoms with van der Waals surface area (Å²) < 4.78 is 6.48. The Balaban J connectivity index is 1.65. The number of para-hydroxylation sites is 1. The molecule has 2 N–H and O–H groups in total. The molecule has 1 unspecified atom stereocenters. The van der Waals surface area contributed by atoms with Crippen molar-refractivity contribution in [1.29, 1.82) is 0 Å². The molecule has 170 valence electrons. The van der Waals surface area contributed by atoms with Crippen LogP contribution in [0.1, 0.15) is 35.2 Å². The molecule has 0 fully saturated rings. The fourth-order valence-electron chi connectivity index (χ4n) is 4.34. The fourth-order valence-corrected chi connectivity index (χ4v) is 4.34. The van der Waals surface area contributed by atoms with Gasteiger partial charge in [-0.3, -0.25) is 4.79 Å². The van der Waals surface area contributed by atoms with Crippen LogP contribution in [0.2, 0.25) is 0 Å². The third kappa shape index (κ3) is 3.85. The maximum Gasteiger partial charge on any atom is 0.206 e. The van der Waals surface area contributed by atoms with E-state index in [9.17, 15) is 4.79 Å². The van der Waals surface area contributed by atoms with Crippen molar-refractivity contribution in [3.8, 4) is 22.7 Å². The molecule has 0 aliphatic heterocycles. The van der Waals surface area contributed by atoms with Gasteiger partial charge in [0.25, 0.3) is 0 Å². The zero-order valence-electron chi connectivity index (χ0n) is 19.5. The minimum absolute atomic E-state index is 0.0119. The van der Waals surface area contributed by atoms with Crippen LogP contribution in [0.3, 0.4) is 0 Å². The SMILES string of the molecule is Cc1cccc(-c2oc3c(C(C)Nc4ccccc4-c4nn[nH]n4)cc(C)cc3c(=O)c2C)c1. The highest BCUT2D eigenvalue weighted by Crippen LogP contribution is 2.34. The highest BCUT2D eigenvalue weighted by Gasteiger charge is 2.20. The number of rotatable bonds is 5. The minimum atomic E-state index is -0.160. The lowest BCUT2D eigenvalue weighted by molar-refractivity contribution is 0.605. The van der Waals surface area contributed by atoms with Crippen LogP contribution in [0.5, 0.6) is 0 Å². The molecule has 1 atom stereocenters. The monoisotopic (exact) mass is 451 g/mol. The van der Waals surface area contributed by atoms with Crippen molar-refractivity contribution in [1.82, 2.24) is 20.6 Å². The average molecular weight is 452 g/mol. The third-order valence-electron chi connectivity index (χ3n) is 6.02. The summed E-state index contributed by atoms with van der Waals surface area (Å²) in [4.78, 5) is 13.4. The van der Waals surface area contributed by atoms with Crippen molar-refractivity contribution in [3.05, 3.63) is 93.1 Å². The van der Waals surface area contributed by atoms with E-state index in [1.807, 2.05) is 82.3 Å². The van der Waals surface area contributed by atoms with Gasteiger partial charge in [0, 0.05) is 27.9 Å². The molecule has 5 rings (SSSR count). The summed E-state index contributed by atoms with van der Waals surface area (Å²) in [5.74, 6) is 1.11. The summed E-state index contributed by atoms with van der Waals surface area (Å²) in [7, 11) is 0. The van der Waals surface area contributed by atoms with Gasteiger partial charge in [-0.05, 0) is 62.7 Å². The largest absolute Gasteiger partial charge is 0.455 e. The Hall–Kier alpha value is -4.26. The first-order valence-corrected chi connectivity index (χ1v) is 11.2. The second-order valence-corrected chi connectivity index (χ2v) is 8.63. The third-order valence-corrected chi connectivity index (χ3v) is 6.02. The van der Waals surface area contributed by atoms with Crippen LogP contribution in [-0.2, 0) is 0 Å². The van der Waals surface area contributed by atoms with Crippen molar-refractivity contribution in [3.63, 3.8) is 0 Å². The Labute approximate surface area is 196 Å². The van der Waals surface area contributed by atoms with Crippen LogP contribution >= 0.6 is 0 Å². The quantitative estimate of drug-likeness (QED) is 0.354. The number of fused-ring (bicyclic) bond motifs is 1. The second-order valence-electron chi connectivity index (χ2n) is 8.63. The molecule has 0 saturated heterocycles. The lowest BCUT2D eigenvalue weighted by atomic mass is 9.98. The molecule has 7 heteroatoms. The predicted molar refractivity (Wildman–Crippen MR) is 134 cm³/mol. The number of H-pyrrole nitrogens is 1. The first-order chi connectivity index (χ1) is 16.4. The Bertz CT molecular complexity index is 1550. The van der Waals surface area contributed by atoms with Crippen LogP contribution in [0.15, 0.2) is 69.9 Å². The van der Waals surface area contributed by atoms with Crippen LogP contribution < -0.4 is 10.7 Å². The maximum absolute atomic E-state index is 13.4. The predicted octanol–water partition coefficient (Wildman–Crippen LogP) is 5.74. The molecule has 0 aliphatic rings. The number of aromatic amines is 1. The van der Waals surface area contributed by atoms with Crippen LogP contribution in [-0.4, -0.2) is 20.6 Å². The zero-order chi connectivity index (χ0) is 23.8. The lowest BCUT2D eigenvalue weighted by Crippen LogP contribution is -2.13. The summed E-state index contributed by atoms with van der Waals surface area (Å²) in [6.07, 6.45) is 0. The molecule has 0 radical (unpaired) electrons. The van der Waals surface area contributed by atoms with E-state index in [0.717, 1.165) is 33.5 Å². The van der Waals surface area contributed by atoms with Crippen molar-refractivity contribution >= 4 is 16.7 Å². The van der Waals surface area contributed by atoms with Gasteiger partial charge in [0.2, 0.25) is 5.82 Å². The number of anilines is 1. The average Bonchev–Trinajstić information content (AvgIpc) is 3.36. The van der Waals surface area contributed by atoms with Gasteiger partial charge in [-0.2, -0.15) is 5.21 Å². The van der Waals surface area contributed by atoms with Gasteiger partial charge in [0.15, 0.2) is 5.43 Å². The van der Waals surface area contributed by atoms with E-state index in [2.05, 4.69) is 32.0 Å². The van der Waals surface area contributed by atoms with Gasteiger partial charge in [-0.1, -0.05) is 42.0 Å². The number of hydrogen-bond acceptors (Lipinski definition) is 6. The second kappa shape index (κ2) is 8.59. The number of aryl methyl sites for hydroxylation is 2. The smallest absolute Gasteiger partial charge is 0.206 e. The molecule has 2 heterocycles. The number of benzene rings is 3. The van der Waals surface area contributed by atoms with E-state index >= 15 is 0 Å². The molecule has 0 bridgehead atoms. The summed E-state index contributed by atoms with van der Waals surface area (Å²) in [5, 5.41) is 18.6. The van der Waals surface area contributed by atoms with E-state index in [4.69, 9.17) is 4.42 Å². The normalized spacial score (nSPS) is 12.1. The molecule has 0 aliphatic carbocycles. The van der Waals surface area contributed by atoms with E-state index in [-0.39, 0.29) is 11.5 Å². The van der Waals surface area contributed by atoms with Gasteiger partial charge in [0.1, 0.15) is 11.3 Å². The van der Waals surface area contributed by atoms with Gasteiger partial charge < -0.3 is 9.73 Å². The standard InChI is InChI=1S/C27H25N5O2/c1-15-8-7-9-19(12-15)25-17(3)24(33)22-14-16(2)13-21(26(22)34-25)18(4)28-23-11-6-5-10-20(23)27-29-31-32-30-27/h5-14,18,28H,1-4H3,(H,29,30,31,32). The van der Waals surface area contributed by atoms with Crippen molar-refractivity contribution in [2.24, 2.45) is 0 Å². The molecule has 5 aromatic rings. The molecule has 0 saturated carbocycles. The van der Waals surface area contributed by atoms with E-state index in [1.165, 1.54) is 0 Å². The van der Waals surface area contributed by atoms with E-state index in [0.29, 0.717) is 28.1 Å². The fraction of sp³-hybridized carbons (Fsp3) is 0.185. The van der Waals surface area contributed by atoms with Crippen LogP contribution in [0.25, 0.3) is 33.7 Å². The molecule has 0 amide bonds. The molecule has 7 nitrogen and oxygen atoms in total. The number of hydrogen-bond donors (Lipinski definition) is 2. The molecule has 3 aromatic carbocycles. The Morgan fingerprint density at radius 2 is 1.79 bits per heavy atom. The van der Waals surface area contributed by atoms with E-state index < -0.39 is 0 Å². The molecular formula is C27H25N5O2. The Morgan fingerprint density at radius 1 is 0.971 bits per heavy atom. The number of tetrazole rings is 1. The van der Waals surface area contributed by atoms with Gasteiger partial charge in [0.05, 0.1) is 11.4 Å². The summed E-state index contributed by atoms with van der Waals surface area (Å²) in [5.41, 5.74) is 6.79. The Kier molecular flexibility index (Phi) is 5.45. The molecule has 34 heavy (non-hydrogen) atoms. The minimum Gasteiger partial charge on any atom is -0.455 e. The highest BCUT2D eigenvalue weighted by molar-refractivity contribution is 5.85. The summed E-state index contributed by atoms with van der Waals surface area (Å²) >= 11 is 0. The summed E-state index contributed by atoms with van der Waals surface area (Å²) in [6, 6.07) is 19.6. The number of aromatic nitrogens is 4. The first-order valence-electron chi connectivity index (χ1n) is 11.2. The Morgan fingerprint density at radius 3 is 2.56 bits per heavy atom. The van der Waals surface area contributed by atoms with Crippen molar-refractivity contribution in [2.45, 2.75) is 33.7 Å². The van der Waals surface area contributed by atoms with Gasteiger partial charge in [-0.25, -0.2) is 0 Å². The first kappa shape index (κ1) is 21.6. The van der Waals surface area contributed by atoms with Crippen molar-refractivity contribution < 1.29 is 4.42 Å². The molecular weight excluding hydrogens is 426 g/mol. The lowest BCUT2D eigenvalue weighted by Gasteiger charge is -2.20. The molecule has 0 spiro atoms. The molecule has 2 aromatic heterocycles. The van der Waals surface area contributed by atoms with Crippen molar-refractivity contribution in [2.75, 3.05) is 5.32 Å². The van der Waals surface area contributed by atoms with Gasteiger partial charge >= 0.3 is 0 Å². The summed E-state index contributed by atoms with van der Waals surface area (Å²) in [6.45, 7) is 7.90. The van der Waals surface area contributed by atoms with Crippen LogP contribution in [0.4, 0.5) is 5.69 Å². The highest BCUT2D eigenvalue weighted by atomic mass is 16.3. The van der Waals surface area contributed by atoms with Crippen LogP contribution in [0, 0.1) is 20.8 Å². The van der Waals surface area contributed by atoms with E-state index in [1.54, 1.807) is 0 Å². The topological polar surface area (TPSA) is 96.7 Å². The zero-order valence-corrected chi connectivity index (χ0v) is 19.5. The maximum atomic E-state index is 13.4. The van der Waals surface area contributed by atoms with Gasteiger partial charge in [-0.15, -0.1) is 10.2 Å².